The lowest BCUT2D eigenvalue weighted by Gasteiger charge is -2.26. The second-order valence-corrected chi connectivity index (χ2v) is 7.16. The maximum absolute atomic E-state index is 12.1. The number of carbonyl (C=O) groups is 1. The summed E-state index contributed by atoms with van der Waals surface area (Å²) < 4.78 is 15.8. The molecule has 0 unspecified atom stereocenters. The van der Waals surface area contributed by atoms with E-state index in [0.717, 1.165) is 23.3 Å². The molecule has 28 heavy (non-hydrogen) atoms. The van der Waals surface area contributed by atoms with Gasteiger partial charge in [-0.3, -0.25) is 0 Å². The van der Waals surface area contributed by atoms with Crippen molar-refractivity contribution in [2.75, 3.05) is 34.4 Å². The molecule has 0 fully saturated rings. The summed E-state index contributed by atoms with van der Waals surface area (Å²) in [7, 11) is 4.87. The number of ether oxygens (including phenoxy) is 3. The highest BCUT2D eigenvalue weighted by Crippen LogP contribution is 2.32. The van der Waals surface area contributed by atoms with E-state index in [1.807, 2.05) is 42.5 Å². The zero-order valence-corrected chi connectivity index (χ0v) is 17.3. The second-order valence-electron chi connectivity index (χ2n) is 7.16. The summed E-state index contributed by atoms with van der Waals surface area (Å²) in [5.41, 5.74) is 1.95. The highest BCUT2D eigenvalue weighted by atomic mass is 16.5. The minimum Gasteiger partial charge on any atom is -0.497 e. The molecule has 0 aromatic heterocycles. The van der Waals surface area contributed by atoms with Gasteiger partial charge in [-0.25, -0.2) is 4.79 Å². The molecule has 0 aliphatic heterocycles. The summed E-state index contributed by atoms with van der Waals surface area (Å²) in [4.78, 5) is 12.1. The van der Waals surface area contributed by atoms with Crippen molar-refractivity contribution in [1.29, 1.82) is 0 Å². The summed E-state index contributed by atoms with van der Waals surface area (Å²) in [5, 5.41) is 5.85. The van der Waals surface area contributed by atoms with E-state index in [4.69, 9.17) is 14.2 Å². The van der Waals surface area contributed by atoms with Crippen molar-refractivity contribution < 1.29 is 19.0 Å². The van der Waals surface area contributed by atoms with Crippen LogP contribution in [0.5, 0.6) is 17.2 Å². The average molecular weight is 386 g/mol. The SMILES string of the molecule is COc1ccc(CCNC(=O)NCC(C)(C)c2ccc(OC)c(OC)c2)cc1. The molecule has 2 aromatic rings. The molecule has 0 heterocycles. The average Bonchev–Trinajstić information content (AvgIpc) is 2.72. The standard InChI is InChI=1S/C22H30N2O4/c1-22(2,17-8-11-19(27-4)20(14-17)28-5)15-24-21(25)23-13-12-16-6-9-18(26-3)10-7-16/h6-11,14H,12-13,15H2,1-5H3,(H2,23,24,25). The van der Waals surface area contributed by atoms with Gasteiger partial charge in [0, 0.05) is 18.5 Å². The largest absolute Gasteiger partial charge is 0.497 e. The van der Waals surface area contributed by atoms with Gasteiger partial charge < -0.3 is 24.8 Å². The molecule has 6 nitrogen and oxygen atoms in total. The Kier molecular flexibility index (Phi) is 7.55. The molecule has 0 bridgehead atoms. The van der Waals surface area contributed by atoms with E-state index in [1.165, 1.54) is 0 Å². The molecule has 2 aromatic carbocycles. The summed E-state index contributed by atoms with van der Waals surface area (Å²) >= 11 is 0. The van der Waals surface area contributed by atoms with Gasteiger partial charge in [-0.15, -0.1) is 0 Å². The van der Waals surface area contributed by atoms with E-state index in [0.29, 0.717) is 24.6 Å². The van der Waals surface area contributed by atoms with Gasteiger partial charge in [-0.05, 0) is 41.8 Å². The van der Waals surface area contributed by atoms with Crippen LogP contribution in [0, 0.1) is 0 Å². The van der Waals surface area contributed by atoms with E-state index in [-0.39, 0.29) is 11.4 Å². The normalized spacial score (nSPS) is 10.9. The molecule has 0 radical (unpaired) electrons. The molecule has 0 aliphatic carbocycles. The Labute approximate surface area is 167 Å². The van der Waals surface area contributed by atoms with Crippen LogP contribution in [0.3, 0.4) is 0 Å². The quantitative estimate of drug-likeness (QED) is 0.692. The topological polar surface area (TPSA) is 68.8 Å². The van der Waals surface area contributed by atoms with E-state index in [1.54, 1.807) is 21.3 Å². The van der Waals surface area contributed by atoms with Crippen molar-refractivity contribution in [3.63, 3.8) is 0 Å². The fraction of sp³-hybridized carbons (Fsp3) is 0.409. The molecule has 2 N–H and O–H groups in total. The van der Waals surface area contributed by atoms with Crippen molar-refractivity contribution in [3.8, 4) is 17.2 Å². The Bertz CT molecular complexity index is 773. The monoisotopic (exact) mass is 386 g/mol. The Balaban J connectivity index is 1.83. The number of methoxy groups -OCH3 is 3. The van der Waals surface area contributed by atoms with Gasteiger partial charge in [0.2, 0.25) is 0 Å². The zero-order chi connectivity index (χ0) is 20.6. The second kappa shape index (κ2) is 9.88. The molecule has 0 aliphatic rings. The van der Waals surface area contributed by atoms with Crippen LogP contribution >= 0.6 is 0 Å². The Morgan fingerprint density at radius 3 is 2.18 bits per heavy atom. The summed E-state index contributed by atoms with van der Waals surface area (Å²) in [5.74, 6) is 2.19. The lowest BCUT2D eigenvalue weighted by atomic mass is 9.84. The summed E-state index contributed by atoms with van der Waals surface area (Å²) in [6, 6.07) is 13.5. The van der Waals surface area contributed by atoms with Gasteiger partial charge in [0.1, 0.15) is 5.75 Å². The van der Waals surface area contributed by atoms with E-state index >= 15 is 0 Å². The number of benzene rings is 2. The van der Waals surface area contributed by atoms with Crippen molar-refractivity contribution in [3.05, 3.63) is 53.6 Å². The number of amides is 2. The number of hydrogen-bond donors (Lipinski definition) is 2. The third-order valence-electron chi connectivity index (χ3n) is 4.71. The minimum absolute atomic E-state index is 0.179. The molecule has 2 amide bonds. The third-order valence-corrected chi connectivity index (χ3v) is 4.71. The van der Waals surface area contributed by atoms with Gasteiger partial charge in [0.15, 0.2) is 11.5 Å². The van der Waals surface area contributed by atoms with Gasteiger partial charge in [0.05, 0.1) is 21.3 Å². The van der Waals surface area contributed by atoms with Crippen LogP contribution < -0.4 is 24.8 Å². The van der Waals surface area contributed by atoms with Crippen LogP contribution in [0.2, 0.25) is 0 Å². The molecule has 0 saturated heterocycles. The molecule has 0 saturated carbocycles. The van der Waals surface area contributed by atoms with Crippen molar-refractivity contribution in [1.82, 2.24) is 10.6 Å². The van der Waals surface area contributed by atoms with Crippen LogP contribution in [0.25, 0.3) is 0 Å². The van der Waals surface area contributed by atoms with E-state index < -0.39 is 0 Å². The first-order valence-electron chi connectivity index (χ1n) is 9.26. The maximum atomic E-state index is 12.1. The zero-order valence-electron chi connectivity index (χ0n) is 17.3. The Morgan fingerprint density at radius 1 is 0.893 bits per heavy atom. The highest BCUT2D eigenvalue weighted by Gasteiger charge is 2.23. The van der Waals surface area contributed by atoms with Crippen molar-refractivity contribution in [2.45, 2.75) is 25.7 Å². The third kappa shape index (κ3) is 5.81. The van der Waals surface area contributed by atoms with Crippen LogP contribution in [0.15, 0.2) is 42.5 Å². The van der Waals surface area contributed by atoms with Crippen LogP contribution in [0.4, 0.5) is 4.79 Å². The summed E-state index contributed by atoms with van der Waals surface area (Å²) in [6.07, 6.45) is 0.760. The molecule has 0 atom stereocenters. The Morgan fingerprint density at radius 2 is 1.57 bits per heavy atom. The first kappa shape index (κ1) is 21.4. The van der Waals surface area contributed by atoms with Crippen molar-refractivity contribution in [2.24, 2.45) is 0 Å². The molecule has 2 rings (SSSR count). The van der Waals surface area contributed by atoms with E-state index in [9.17, 15) is 4.79 Å². The maximum Gasteiger partial charge on any atom is 0.314 e. The number of rotatable bonds is 9. The van der Waals surface area contributed by atoms with Crippen LogP contribution in [-0.2, 0) is 11.8 Å². The van der Waals surface area contributed by atoms with Crippen LogP contribution in [0.1, 0.15) is 25.0 Å². The number of urea groups is 1. The number of hydrogen-bond acceptors (Lipinski definition) is 4. The smallest absolute Gasteiger partial charge is 0.314 e. The van der Waals surface area contributed by atoms with Crippen molar-refractivity contribution >= 4 is 6.03 Å². The molecular formula is C22H30N2O4. The number of carbonyl (C=O) groups excluding carboxylic acids is 1. The van der Waals surface area contributed by atoms with Gasteiger partial charge in [-0.2, -0.15) is 0 Å². The fourth-order valence-electron chi connectivity index (χ4n) is 2.84. The highest BCUT2D eigenvalue weighted by molar-refractivity contribution is 5.74. The predicted molar refractivity (Wildman–Crippen MR) is 111 cm³/mol. The van der Waals surface area contributed by atoms with Gasteiger partial charge >= 0.3 is 6.03 Å². The van der Waals surface area contributed by atoms with Crippen LogP contribution in [-0.4, -0.2) is 40.5 Å². The predicted octanol–water partition coefficient (Wildman–Crippen LogP) is 3.53. The number of nitrogens with one attached hydrogen (secondary N) is 2. The molecule has 6 heteroatoms. The Hall–Kier alpha value is -2.89. The fourth-order valence-corrected chi connectivity index (χ4v) is 2.84. The minimum atomic E-state index is -0.257. The first-order valence-corrected chi connectivity index (χ1v) is 9.26. The van der Waals surface area contributed by atoms with Gasteiger partial charge in [-0.1, -0.05) is 32.0 Å². The van der Waals surface area contributed by atoms with Gasteiger partial charge in [0.25, 0.3) is 0 Å². The molecule has 152 valence electrons. The lowest BCUT2D eigenvalue weighted by Crippen LogP contribution is -2.42. The summed E-state index contributed by atoms with van der Waals surface area (Å²) in [6.45, 7) is 5.21. The van der Waals surface area contributed by atoms with E-state index in [2.05, 4.69) is 24.5 Å². The molecule has 0 spiro atoms. The molecular weight excluding hydrogens is 356 g/mol. The lowest BCUT2D eigenvalue weighted by molar-refractivity contribution is 0.238. The first-order chi connectivity index (χ1) is 13.4.